The molecule has 2 rings (SSSR count). The molecule has 0 unspecified atom stereocenters. The Morgan fingerprint density at radius 1 is 1.14 bits per heavy atom. The maximum atomic E-state index is 11.9. The molecule has 0 spiro atoms. The lowest BCUT2D eigenvalue weighted by Gasteiger charge is -2.09. The van der Waals surface area contributed by atoms with Crippen molar-refractivity contribution < 1.29 is 19.8 Å². The first-order valence-electron chi connectivity index (χ1n) is 6.16. The highest BCUT2D eigenvalue weighted by Gasteiger charge is 2.13. The Hall–Kier alpha value is -3.02. The molecule has 2 aromatic carbocycles. The zero-order valence-electron chi connectivity index (χ0n) is 11.0. The number of aromatic hydroxyl groups is 1. The second-order valence-electron chi connectivity index (χ2n) is 4.51. The Balaban J connectivity index is 2.15. The molecule has 108 valence electrons. The van der Waals surface area contributed by atoms with E-state index < -0.39 is 5.97 Å². The number of carboxylic acid groups (broad SMARTS) is 1. The second-order valence-corrected chi connectivity index (χ2v) is 4.51. The number of aromatic carboxylic acids is 1. The van der Waals surface area contributed by atoms with E-state index in [0.717, 1.165) is 0 Å². The van der Waals surface area contributed by atoms with Crippen molar-refractivity contribution in [3.8, 4) is 5.75 Å². The van der Waals surface area contributed by atoms with Crippen LogP contribution in [0.1, 0.15) is 15.9 Å². The molecule has 2 aromatic rings. The van der Waals surface area contributed by atoms with Crippen molar-refractivity contribution in [1.82, 2.24) is 0 Å². The molecule has 0 saturated heterocycles. The highest BCUT2D eigenvalue weighted by atomic mass is 16.4. The van der Waals surface area contributed by atoms with Crippen LogP contribution in [0.2, 0.25) is 0 Å². The predicted octanol–water partition coefficient (Wildman–Crippen LogP) is 1.85. The summed E-state index contributed by atoms with van der Waals surface area (Å²) in [5.41, 5.74) is 6.57. The molecule has 1 amide bonds. The minimum atomic E-state index is -1.17. The lowest BCUT2D eigenvalue weighted by atomic mass is 10.1. The summed E-state index contributed by atoms with van der Waals surface area (Å²) in [6.45, 7) is 0. The molecule has 5 N–H and O–H groups in total. The number of rotatable bonds is 4. The summed E-state index contributed by atoms with van der Waals surface area (Å²) in [4.78, 5) is 23.1. The van der Waals surface area contributed by atoms with E-state index in [-0.39, 0.29) is 29.3 Å². The van der Waals surface area contributed by atoms with E-state index in [0.29, 0.717) is 11.3 Å². The number of carboxylic acids is 1. The Kier molecular flexibility index (Phi) is 4.08. The van der Waals surface area contributed by atoms with Crippen LogP contribution in [-0.4, -0.2) is 22.1 Å². The number of carbonyl (C=O) groups is 2. The van der Waals surface area contributed by atoms with E-state index in [2.05, 4.69) is 5.32 Å². The third kappa shape index (κ3) is 3.73. The summed E-state index contributed by atoms with van der Waals surface area (Å²) >= 11 is 0. The number of amides is 1. The van der Waals surface area contributed by atoms with Gasteiger partial charge in [-0.2, -0.15) is 0 Å². The topological polar surface area (TPSA) is 113 Å². The highest BCUT2D eigenvalue weighted by Crippen LogP contribution is 2.19. The van der Waals surface area contributed by atoms with Gasteiger partial charge < -0.3 is 21.3 Å². The van der Waals surface area contributed by atoms with Crippen molar-refractivity contribution in [3.63, 3.8) is 0 Å². The minimum absolute atomic E-state index is 0.0256. The third-order valence-corrected chi connectivity index (χ3v) is 2.82. The molecule has 0 aliphatic rings. The molecule has 6 nitrogen and oxygen atoms in total. The molecular formula is C15H14N2O4. The Morgan fingerprint density at radius 2 is 1.90 bits per heavy atom. The van der Waals surface area contributed by atoms with E-state index >= 15 is 0 Å². The largest absolute Gasteiger partial charge is 0.508 e. The van der Waals surface area contributed by atoms with Crippen molar-refractivity contribution in [3.05, 3.63) is 53.6 Å². The summed E-state index contributed by atoms with van der Waals surface area (Å²) < 4.78 is 0. The highest BCUT2D eigenvalue weighted by molar-refractivity contribution is 6.01. The number of anilines is 2. The summed E-state index contributed by atoms with van der Waals surface area (Å²) in [5.74, 6) is -1.48. The molecular weight excluding hydrogens is 272 g/mol. The summed E-state index contributed by atoms with van der Waals surface area (Å²) in [6, 6.07) is 10.5. The summed E-state index contributed by atoms with van der Waals surface area (Å²) in [7, 11) is 0. The van der Waals surface area contributed by atoms with Crippen molar-refractivity contribution in [2.24, 2.45) is 0 Å². The molecule has 0 bridgehead atoms. The Bertz CT molecular complexity index is 698. The molecule has 0 aromatic heterocycles. The standard InChI is InChI=1S/C15H14N2O4/c16-10-4-5-13(12(8-10)15(20)21)17-14(19)7-9-2-1-3-11(18)6-9/h1-6,8,18H,7,16H2,(H,17,19)(H,20,21). The van der Waals surface area contributed by atoms with E-state index in [1.807, 2.05) is 0 Å². The number of nitrogens with two attached hydrogens (primary N) is 1. The lowest BCUT2D eigenvalue weighted by molar-refractivity contribution is -0.115. The normalized spacial score (nSPS) is 10.1. The first kappa shape index (κ1) is 14.4. The number of carbonyl (C=O) groups excluding carboxylic acids is 1. The molecule has 21 heavy (non-hydrogen) atoms. The fourth-order valence-corrected chi connectivity index (χ4v) is 1.89. The van der Waals surface area contributed by atoms with Crippen molar-refractivity contribution in [1.29, 1.82) is 0 Å². The van der Waals surface area contributed by atoms with Gasteiger partial charge in [0.2, 0.25) is 5.91 Å². The number of hydrogen-bond donors (Lipinski definition) is 4. The van der Waals surface area contributed by atoms with Crippen LogP contribution in [0.4, 0.5) is 11.4 Å². The van der Waals surface area contributed by atoms with Gasteiger partial charge in [0, 0.05) is 5.69 Å². The van der Waals surface area contributed by atoms with Gasteiger partial charge in [-0.15, -0.1) is 0 Å². The van der Waals surface area contributed by atoms with Gasteiger partial charge in [0.15, 0.2) is 0 Å². The van der Waals surface area contributed by atoms with Gasteiger partial charge in [-0.25, -0.2) is 4.79 Å². The molecule has 0 aliphatic carbocycles. The number of phenolic OH excluding ortho intramolecular Hbond substituents is 1. The van der Waals surface area contributed by atoms with Crippen LogP contribution in [0, 0.1) is 0 Å². The van der Waals surface area contributed by atoms with Gasteiger partial charge >= 0.3 is 5.97 Å². The predicted molar refractivity (Wildman–Crippen MR) is 78.3 cm³/mol. The first-order chi connectivity index (χ1) is 9.95. The maximum Gasteiger partial charge on any atom is 0.337 e. The number of phenols is 1. The van der Waals surface area contributed by atoms with E-state index in [1.165, 1.54) is 30.3 Å². The third-order valence-electron chi connectivity index (χ3n) is 2.82. The minimum Gasteiger partial charge on any atom is -0.508 e. The van der Waals surface area contributed by atoms with Crippen molar-refractivity contribution in [2.45, 2.75) is 6.42 Å². The fourth-order valence-electron chi connectivity index (χ4n) is 1.89. The van der Waals surface area contributed by atoms with Crippen LogP contribution in [-0.2, 0) is 11.2 Å². The number of hydrogen-bond acceptors (Lipinski definition) is 4. The van der Waals surface area contributed by atoms with Gasteiger partial charge in [0.25, 0.3) is 0 Å². The van der Waals surface area contributed by atoms with Crippen LogP contribution < -0.4 is 11.1 Å². The van der Waals surface area contributed by atoms with E-state index in [4.69, 9.17) is 10.8 Å². The van der Waals surface area contributed by atoms with Crippen molar-refractivity contribution >= 4 is 23.3 Å². The summed E-state index contributed by atoms with van der Waals surface area (Å²) in [6.07, 6.45) is 0.0256. The van der Waals surface area contributed by atoms with Crippen LogP contribution in [0.25, 0.3) is 0 Å². The molecule has 6 heteroatoms. The smallest absolute Gasteiger partial charge is 0.337 e. The van der Waals surface area contributed by atoms with Crippen LogP contribution in [0.3, 0.4) is 0 Å². The average molecular weight is 286 g/mol. The molecule has 0 fully saturated rings. The molecule has 0 heterocycles. The molecule has 0 radical (unpaired) electrons. The van der Waals surface area contributed by atoms with Gasteiger partial charge in [0.1, 0.15) is 5.75 Å². The maximum absolute atomic E-state index is 11.9. The SMILES string of the molecule is Nc1ccc(NC(=O)Cc2cccc(O)c2)c(C(=O)O)c1. The Morgan fingerprint density at radius 3 is 2.57 bits per heavy atom. The first-order valence-corrected chi connectivity index (χ1v) is 6.16. The van der Waals surface area contributed by atoms with Crippen LogP contribution >= 0.6 is 0 Å². The fraction of sp³-hybridized carbons (Fsp3) is 0.0667. The van der Waals surface area contributed by atoms with E-state index in [9.17, 15) is 14.7 Å². The van der Waals surface area contributed by atoms with Gasteiger partial charge in [-0.3, -0.25) is 4.79 Å². The number of nitrogens with one attached hydrogen (secondary N) is 1. The molecule has 0 saturated carbocycles. The Labute approximate surface area is 120 Å². The average Bonchev–Trinajstić information content (AvgIpc) is 2.40. The number of nitrogen functional groups attached to an aromatic ring is 1. The molecule has 0 atom stereocenters. The number of benzene rings is 2. The van der Waals surface area contributed by atoms with Gasteiger partial charge in [-0.1, -0.05) is 12.1 Å². The second kappa shape index (κ2) is 5.96. The zero-order chi connectivity index (χ0) is 15.4. The quantitative estimate of drug-likeness (QED) is 0.641. The lowest BCUT2D eigenvalue weighted by Crippen LogP contribution is -2.17. The molecule has 0 aliphatic heterocycles. The summed E-state index contributed by atoms with van der Waals surface area (Å²) in [5, 5.41) is 21.0. The van der Waals surface area contributed by atoms with Crippen LogP contribution in [0.15, 0.2) is 42.5 Å². The van der Waals surface area contributed by atoms with Gasteiger partial charge in [0.05, 0.1) is 17.7 Å². The van der Waals surface area contributed by atoms with E-state index in [1.54, 1.807) is 12.1 Å². The van der Waals surface area contributed by atoms with Gasteiger partial charge in [-0.05, 0) is 35.9 Å². The van der Waals surface area contributed by atoms with Crippen molar-refractivity contribution in [2.75, 3.05) is 11.1 Å². The van der Waals surface area contributed by atoms with Crippen LogP contribution in [0.5, 0.6) is 5.75 Å². The zero-order valence-corrected chi connectivity index (χ0v) is 11.0. The monoisotopic (exact) mass is 286 g/mol.